The van der Waals surface area contributed by atoms with E-state index in [0.29, 0.717) is 49.0 Å². The summed E-state index contributed by atoms with van der Waals surface area (Å²) in [5.74, 6) is 0.688. The summed E-state index contributed by atoms with van der Waals surface area (Å²) in [6.45, 7) is 8.48. The Morgan fingerprint density at radius 2 is 1.36 bits per heavy atom. The van der Waals surface area contributed by atoms with Crippen LogP contribution in [0.1, 0.15) is 101 Å². The van der Waals surface area contributed by atoms with Gasteiger partial charge in [-0.05, 0) is 90.3 Å². The zero-order valence-corrected chi connectivity index (χ0v) is 34.2. The summed E-state index contributed by atoms with van der Waals surface area (Å²) in [6, 6.07) is 46.2. The van der Waals surface area contributed by atoms with Crippen LogP contribution in [0.25, 0.3) is 0 Å². The highest BCUT2D eigenvalue weighted by Crippen LogP contribution is 2.41. The molecule has 1 aliphatic rings. The van der Waals surface area contributed by atoms with Gasteiger partial charge in [0.2, 0.25) is 0 Å². The van der Waals surface area contributed by atoms with E-state index in [9.17, 15) is 9.90 Å². The van der Waals surface area contributed by atoms with Crippen LogP contribution in [0.3, 0.4) is 0 Å². The van der Waals surface area contributed by atoms with E-state index < -0.39 is 11.5 Å². The third kappa shape index (κ3) is 7.56. The van der Waals surface area contributed by atoms with Crippen LogP contribution in [-0.4, -0.2) is 53.5 Å². The summed E-state index contributed by atoms with van der Waals surface area (Å²) in [5, 5.41) is 25.2. The number of para-hydroxylation sites is 1. The third-order valence-corrected chi connectivity index (χ3v) is 11.4. The molecule has 0 saturated heterocycles. The van der Waals surface area contributed by atoms with Crippen LogP contribution in [0.4, 0.5) is 11.4 Å². The van der Waals surface area contributed by atoms with Gasteiger partial charge < -0.3 is 19.3 Å². The Hall–Kier alpha value is -6.39. The number of aliphatic hydroxyl groups excluding tert-OH is 1. The number of ether oxygens (including phenoxy) is 1. The fourth-order valence-electron chi connectivity index (χ4n) is 8.54. The van der Waals surface area contributed by atoms with Gasteiger partial charge in [0.05, 0.1) is 24.9 Å². The molecule has 10 heteroatoms. The minimum Gasteiger partial charge on any atom is -0.458 e. The molecule has 0 amide bonds. The third-order valence-electron chi connectivity index (χ3n) is 11.4. The number of anilines is 2. The van der Waals surface area contributed by atoms with Gasteiger partial charge in [0.25, 0.3) is 0 Å². The Balaban J connectivity index is 1.20. The molecule has 10 nitrogen and oxygen atoms in total. The molecule has 1 unspecified atom stereocenters. The van der Waals surface area contributed by atoms with Crippen LogP contribution in [0, 0.1) is 0 Å². The first-order valence-corrected chi connectivity index (χ1v) is 20.7. The van der Waals surface area contributed by atoms with Crippen molar-refractivity contribution >= 4 is 17.3 Å². The predicted molar refractivity (Wildman–Crippen MR) is 230 cm³/mol. The van der Waals surface area contributed by atoms with Gasteiger partial charge >= 0.3 is 5.97 Å². The second-order valence-corrected chi connectivity index (χ2v) is 15.4. The SMILES string of the molecule is CCc1nc(C(CC)CO)n(Cc2ccc3c(c2)CCc2ccccc2N3Cc2nnn(C(c3ccccc3)(c3ccccc3)c3ccccc3)n2)c1C(=O)OC(C)C. The highest BCUT2D eigenvalue weighted by Gasteiger charge is 2.41. The molecule has 1 atom stereocenters. The van der Waals surface area contributed by atoms with Crippen molar-refractivity contribution in [2.45, 2.75) is 84.0 Å². The molecule has 0 aliphatic carbocycles. The number of nitrogens with zero attached hydrogens (tertiary/aromatic N) is 7. The molecule has 1 N–H and O–H groups in total. The quantitative estimate of drug-likeness (QED) is 0.0861. The van der Waals surface area contributed by atoms with E-state index in [1.165, 1.54) is 11.1 Å². The smallest absolute Gasteiger partial charge is 0.357 e. The number of hydrogen-bond donors (Lipinski definition) is 1. The van der Waals surface area contributed by atoms with Crippen molar-refractivity contribution in [1.82, 2.24) is 29.8 Å². The Labute approximate surface area is 346 Å². The molecule has 300 valence electrons. The van der Waals surface area contributed by atoms with Gasteiger partial charge in [0, 0.05) is 23.8 Å². The number of carbonyl (C=O) groups is 1. The van der Waals surface area contributed by atoms with Crippen molar-refractivity contribution in [3.8, 4) is 0 Å². The molecule has 1 aliphatic heterocycles. The van der Waals surface area contributed by atoms with Crippen LogP contribution < -0.4 is 4.90 Å². The maximum absolute atomic E-state index is 13.6. The van der Waals surface area contributed by atoms with Gasteiger partial charge in [-0.2, -0.15) is 0 Å². The van der Waals surface area contributed by atoms with Crippen molar-refractivity contribution in [3.63, 3.8) is 0 Å². The molecule has 0 saturated carbocycles. The Bertz CT molecular complexity index is 2410. The lowest BCUT2D eigenvalue weighted by Crippen LogP contribution is -2.39. The topological polar surface area (TPSA) is 111 Å². The summed E-state index contributed by atoms with van der Waals surface area (Å²) in [4.78, 5) is 22.6. The number of aryl methyl sites for hydroxylation is 3. The molecular weight excluding hydrogens is 735 g/mol. The number of imidazole rings is 1. The van der Waals surface area contributed by atoms with Crippen LogP contribution >= 0.6 is 0 Å². The largest absolute Gasteiger partial charge is 0.458 e. The first-order chi connectivity index (χ1) is 28.8. The number of benzene rings is 5. The van der Waals surface area contributed by atoms with Gasteiger partial charge in [0.1, 0.15) is 5.82 Å². The number of carbonyl (C=O) groups excluding carboxylic acids is 1. The maximum atomic E-state index is 13.6. The van der Waals surface area contributed by atoms with Gasteiger partial charge in [-0.3, -0.25) is 0 Å². The van der Waals surface area contributed by atoms with Crippen LogP contribution in [0.2, 0.25) is 0 Å². The van der Waals surface area contributed by atoms with Crippen molar-refractivity contribution in [2.24, 2.45) is 0 Å². The fraction of sp³-hybridized carbons (Fsp3) is 0.286. The average molecular weight is 786 g/mol. The van der Waals surface area contributed by atoms with E-state index in [1.54, 1.807) is 4.80 Å². The van der Waals surface area contributed by atoms with Crippen molar-refractivity contribution in [1.29, 1.82) is 0 Å². The molecule has 2 aromatic heterocycles. The van der Waals surface area contributed by atoms with Crippen LogP contribution in [0.5, 0.6) is 0 Å². The monoisotopic (exact) mass is 785 g/mol. The van der Waals surface area contributed by atoms with E-state index in [1.807, 2.05) is 50.5 Å². The molecule has 7 aromatic rings. The molecular formula is C49H51N7O3. The number of fused-ring (bicyclic) bond motifs is 2. The summed E-state index contributed by atoms with van der Waals surface area (Å²) >= 11 is 0. The summed E-state index contributed by atoms with van der Waals surface area (Å²) in [6.07, 6.45) is 2.66. The molecule has 0 spiro atoms. The van der Waals surface area contributed by atoms with E-state index in [-0.39, 0.29) is 18.6 Å². The number of aromatic nitrogens is 6. The normalized spacial score (nSPS) is 13.2. The summed E-state index contributed by atoms with van der Waals surface area (Å²) in [7, 11) is 0. The lowest BCUT2D eigenvalue weighted by Gasteiger charge is -2.34. The average Bonchev–Trinajstić information content (AvgIpc) is 3.85. The number of hydrogen-bond acceptors (Lipinski definition) is 8. The molecule has 0 radical (unpaired) electrons. The molecule has 8 rings (SSSR count). The summed E-state index contributed by atoms with van der Waals surface area (Å²) < 4.78 is 7.71. The van der Waals surface area contributed by atoms with Crippen LogP contribution in [0.15, 0.2) is 133 Å². The van der Waals surface area contributed by atoms with E-state index in [4.69, 9.17) is 25.1 Å². The van der Waals surface area contributed by atoms with E-state index >= 15 is 0 Å². The molecule has 5 aromatic carbocycles. The number of rotatable bonds is 14. The lowest BCUT2D eigenvalue weighted by molar-refractivity contribution is 0.0363. The molecule has 3 heterocycles. The number of aliphatic hydroxyl groups is 1. The maximum Gasteiger partial charge on any atom is 0.357 e. The Kier molecular flexibility index (Phi) is 11.5. The van der Waals surface area contributed by atoms with Crippen molar-refractivity contribution < 1.29 is 14.6 Å². The minimum atomic E-state index is -0.879. The zero-order chi connectivity index (χ0) is 40.9. The minimum absolute atomic E-state index is 0.0610. The van der Waals surface area contributed by atoms with E-state index in [2.05, 4.69) is 120 Å². The highest BCUT2D eigenvalue weighted by atomic mass is 16.5. The number of esters is 1. The van der Waals surface area contributed by atoms with Gasteiger partial charge in [-0.1, -0.05) is 135 Å². The molecule has 59 heavy (non-hydrogen) atoms. The van der Waals surface area contributed by atoms with Crippen molar-refractivity contribution in [2.75, 3.05) is 11.5 Å². The van der Waals surface area contributed by atoms with Gasteiger partial charge in [-0.25, -0.2) is 9.78 Å². The van der Waals surface area contributed by atoms with Crippen molar-refractivity contribution in [3.05, 3.63) is 190 Å². The standard InChI is InChI=1S/C49H51N7O3/c1-5-36(33-57)47-50-42(6-2)46(48(58)59-34(3)4)55(47)31-35-26-29-44-38(30-35)28-27-37-18-16-17-25-43(37)54(44)32-45-51-53-56(52-45)49(39-19-10-7-11-20-39,40-21-12-8-13-22-40)41-23-14-9-15-24-41/h7-26,29-30,34,36,57H,5-6,27-28,31-33H2,1-4H3. The lowest BCUT2D eigenvalue weighted by atomic mass is 9.77. The van der Waals surface area contributed by atoms with Gasteiger partial charge in [0.15, 0.2) is 17.1 Å². The Morgan fingerprint density at radius 3 is 1.95 bits per heavy atom. The predicted octanol–water partition coefficient (Wildman–Crippen LogP) is 8.81. The first-order valence-electron chi connectivity index (χ1n) is 20.7. The second kappa shape index (κ2) is 17.2. The Morgan fingerprint density at radius 1 is 0.763 bits per heavy atom. The fourth-order valence-corrected chi connectivity index (χ4v) is 8.54. The van der Waals surface area contributed by atoms with Gasteiger partial charge in [-0.15, -0.1) is 15.0 Å². The summed E-state index contributed by atoms with van der Waals surface area (Å²) in [5.41, 5.74) is 8.95. The zero-order valence-electron chi connectivity index (χ0n) is 34.2. The second-order valence-electron chi connectivity index (χ2n) is 15.4. The van der Waals surface area contributed by atoms with E-state index in [0.717, 1.165) is 46.5 Å². The number of tetrazole rings is 1. The first kappa shape index (κ1) is 39.4. The van der Waals surface area contributed by atoms with Crippen LogP contribution in [-0.2, 0) is 42.6 Å². The highest BCUT2D eigenvalue weighted by molar-refractivity contribution is 5.89. The molecule has 0 bridgehead atoms. The molecule has 0 fully saturated rings.